The zero-order valence-corrected chi connectivity index (χ0v) is 17.6. The van der Waals surface area contributed by atoms with Gasteiger partial charge in [0.15, 0.2) is 0 Å². The van der Waals surface area contributed by atoms with Crippen LogP contribution in [-0.4, -0.2) is 43.2 Å². The van der Waals surface area contributed by atoms with Gasteiger partial charge in [0.05, 0.1) is 10.9 Å². The van der Waals surface area contributed by atoms with Gasteiger partial charge in [-0.15, -0.1) is 0 Å². The smallest absolute Gasteiger partial charge is 0.244 e. The summed E-state index contributed by atoms with van der Waals surface area (Å²) in [5, 5.41) is 0.224. The molecule has 0 saturated carbocycles. The van der Waals surface area contributed by atoms with Crippen molar-refractivity contribution in [1.29, 1.82) is 0 Å². The number of nitrogens with zero attached hydrogens (tertiary/aromatic N) is 2. The first kappa shape index (κ1) is 19.9. The molecule has 2 heterocycles. The highest BCUT2D eigenvalue weighted by Crippen LogP contribution is 2.37. The number of hydrogen-bond donors (Lipinski definition) is 0. The lowest BCUT2D eigenvalue weighted by Gasteiger charge is -2.41. The summed E-state index contributed by atoms with van der Waals surface area (Å²) in [5.74, 6) is 0.308. The molecule has 1 aromatic rings. The van der Waals surface area contributed by atoms with E-state index in [1.54, 1.807) is 18.2 Å². The van der Waals surface area contributed by atoms with Gasteiger partial charge in [-0.3, -0.25) is 4.79 Å². The summed E-state index contributed by atoms with van der Waals surface area (Å²) in [6.07, 6.45) is 9.24. The van der Waals surface area contributed by atoms with Crippen molar-refractivity contribution < 1.29 is 13.2 Å². The minimum Gasteiger partial charge on any atom is -0.316 e. The molecule has 1 amide bonds. The molecule has 2 saturated heterocycles. The molecule has 5 nitrogen and oxygen atoms in total. The van der Waals surface area contributed by atoms with Crippen LogP contribution in [0.5, 0.6) is 0 Å². The Kier molecular flexibility index (Phi) is 5.81. The standard InChI is InChI=1S/C21H27ClN2O3S/c22-18-10-2-4-12-20(18)28(26,27)23-13-5-9-17(15-23)21(25)24-14-6-8-16-7-1-3-11-19(16)24/h2,4,10-12,16-17H,1,3,5-9,13-15H2. The van der Waals surface area contributed by atoms with E-state index in [0.717, 1.165) is 38.6 Å². The number of amides is 1. The van der Waals surface area contributed by atoms with Gasteiger partial charge in [0.1, 0.15) is 4.90 Å². The van der Waals surface area contributed by atoms with E-state index in [1.165, 1.54) is 22.5 Å². The Bertz CT molecular complexity index is 883. The van der Waals surface area contributed by atoms with Gasteiger partial charge in [-0.05, 0) is 63.0 Å². The summed E-state index contributed by atoms with van der Waals surface area (Å²) in [5.41, 5.74) is 1.19. The Labute approximate surface area is 172 Å². The maximum Gasteiger partial charge on any atom is 0.244 e. The lowest BCUT2D eigenvalue weighted by atomic mass is 9.84. The second kappa shape index (κ2) is 8.17. The number of benzene rings is 1. The summed E-state index contributed by atoms with van der Waals surface area (Å²) in [6, 6.07) is 6.51. The van der Waals surface area contributed by atoms with Gasteiger partial charge in [-0.1, -0.05) is 29.8 Å². The van der Waals surface area contributed by atoms with E-state index in [-0.39, 0.29) is 28.3 Å². The molecule has 0 radical (unpaired) electrons. The van der Waals surface area contributed by atoms with Gasteiger partial charge in [0.2, 0.25) is 15.9 Å². The number of likely N-dealkylation sites (tertiary alicyclic amines) is 1. The normalized spacial score (nSPS) is 26.5. The van der Waals surface area contributed by atoms with Gasteiger partial charge in [-0.2, -0.15) is 4.31 Å². The number of carbonyl (C=O) groups excluding carboxylic acids is 1. The number of piperidine rings is 2. The van der Waals surface area contributed by atoms with E-state index in [9.17, 15) is 13.2 Å². The second-order valence-electron chi connectivity index (χ2n) is 8.02. The maximum atomic E-state index is 13.3. The molecule has 2 atom stereocenters. The third kappa shape index (κ3) is 3.74. The minimum absolute atomic E-state index is 0.0944. The van der Waals surface area contributed by atoms with Crippen LogP contribution in [0, 0.1) is 11.8 Å². The molecule has 2 aliphatic heterocycles. The van der Waals surface area contributed by atoms with Crippen LogP contribution in [0.2, 0.25) is 5.02 Å². The third-order valence-electron chi connectivity index (χ3n) is 6.23. The minimum atomic E-state index is -3.70. The molecule has 0 spiro atoms. The number of carbonyl (C=O) groups is 1. The van der Waals surface area contributed by atoms with Crippen molar-refractivity contribution in [3.05, 3.63) is 41.1 Å². The van der Waals surface area contributed by atoms with Crippen LogP contribution in [0.4, 0.5) is 0 Å². The highest BCUT2D eigenvalue weighted by atomic mass is 35.5. The largest absolute Gasteiger partial charge is 0.316 e. The van der Waals surface area contributed by atoms with Crippen LogP contribution < -0.4 is 0 Å². The van der Waals surface area contributed by atoms with Gasteiger partial charge < -0.3 is 4.90 Å². The lowest BCUT2D eigenvalue weighted by Crippen LogP contribution is -2.48. The molecule has 0 aromatic heterocycles. The van der Waals surface area contributed by atoms with Crippen molar-refractivity contribution in [3.63, 3.8) is 0 Å². The predicted octanol–water partition coefficient (Wildman–Crippen LogP) is 4.05. The molecular formula is C21H27ClN2O3S. The van der Waals surface area contributed by atoms with Gasteiger partial charge in [0, 0.05) is 25.3 Å². The van der Waals surface area contributed by atoms with Crippen molar-refractivity contribution in [1.82, 2.24) is 9.21 Å². The average molecular weight is 423 g/mol. The fourth-order valence-corrected chi connectivity index (χ4v) is 6.81. The van der Waals surface area contributed by atoms with E-state index in [0.29, 0.717) is 18.9 Å². The summed E-state index contributed by atoms with van der Waals surface area (Å²) >= 11 is 6.14. The molecule has 2 unspecified atom stereocenters. The zero-order chi connectivity index (χ0) is 19.7. The molecular weight excluding hydrogens is 396 g/mol. The van der Waals surface area contributed by atoms with E-state index >= 15 is 0 Å². The molecule has 3 aliphatic rings. The molecule has 4 rings (SSSR count). The Balaban J connectivity index is 1.53. The first-order valence-electron chi connectivity index (χ1n) is 10.2. The fraction of sp³-hybridized carbons (Fsp3) is 0.571. The van der Waals surface area contributed by atoms with Gasteiger partial charge in [0.25, 0.3) is 0 Å². The third-order valence-corrected chi connectivity index (χ3v) is 8.59. The number of sulfonamides is 1. The Morgan fingerprint density at radius 1 is 1.04 bits per heavy atom. The maximum absolute atomic E-state index is 13.3. The molecule has 28 heavy (non-hydrogen) atoms. The molecule has 0 bridgehead atoms. The van der Waals surface area contributed by atoms with E-state index in [1.807, 2.05) is 4.90 Å². The zero-order valence-electron chi connectivity index (χ0n) is 16.0. The lowest BCUT2D eigenvalue weighted by molar-refractivity contribution is -0.136. The predicted molar refractivity (Wildman–Crippen MR) is 109 cm³/mol. The summed E-state index contributed by atoms with van der Waals surface area (Å²) < 4.78 is 27.6. The molecule has 1 aliphatic carbocycles. The SMILES string of the molecule is O=C(C1CCCN(S(=O)(=O)c2ccccc2Cl)C1)N1CCCC2CCCC=C21. The van der Waals surface area contributed by atoms with E-state index in [4.69, 9.17) is 11.6 Å². The van der Waals surface area contributed by atoms with Crippen molar-refractivity contribution in [2.75, 3.05) is 19.6 Å². The van der Waals surface area contributed by atoms with Crippen molar-refractivity contribution in [2.45, 2.75) is 49.8 Å². The summed E-state index contributed by atoms with van der Waals surface area (Å²) in [4.78, 5) is 15.4. The average Bonchev–Trinajstić information content (AvgIpc) is 2.73. The number of allylic oxidation sites excluding steroid dienone is 2. The van der Waals surface area contributed by atoms with Crippen molar-refractivity contribution >= 4 is 27.5 Å². The topological polar surface area (TPSA) is 57.7 Å². The van der Waals surface area contributed by atoms with Gasteiger partial charge >= 0.3 is 0 Å². The van der Waals surface area contributed by atoms with Crippen LogP contribution in [0.25, 0.3) is 0 Å². The van der Waals surface area contributed by atoms with Gasteiger partial charge in [-0.25, -0.2) is 8.42 Å². The van der Waals surface area contributed by atoms with Crippen LogP contribution in [0.15, 0.2) is 40.9 Å². The Morgan fingerprint density at radius 2 is 1.79 bits per heavy atom. The molecule has 152 valence electrons. The molecule has 7 heteroatoms. The summed E-state index contributed by atoms with van der Waals surface area (Å²) in [6.45, 7) is 1.43. The molecule has 1 aromatic carbocycles. The first-order chi connectivity index (χ1) is 13.5. The summed E-state index contributed by atoms with van der Waals surface area (Å²) in [7, 11) is -3.70. The second-order valence-corrected chi connectivity index (χ2v) is 10.3. The highest BCUT2D eigenvalue weighted by molar-refractivity contribution is 7.89. The number of rotatable bonds is 3. The Hall–Kier alpha value is -1.37. The number of halogens is 1. The van der Waals surface area contributed by atoms with Crippen LogP contribution >= 0.6 is 11.6 Å². The van der Waals surface area contributed by atoms with Crippen molar-refractivity contribution in [2.24, 2.45) is 11.8 Å². The Morgan fingerprint density at radius 3 is 2.61 bits per heavy atom. The molecule has 2 fully saturated rings. The van der Waals surface area contributed by atoms with Crippen LogP contribution in [0.1, 0.15) is 44.9 Å². The van der Waals surface area contributed by atoms with Crippen LogP contribution in [-0.2, 0) is 14.8 Å². The molecule has 0 N–H and O–H groups in total. The first-order valence-corrected chi connectivity index (χ1v) is 12.1. The van der Waals surface area contributed by atoms with E-state index < -0.39 is 10.0 Å². The number of hydrogen-bond acceptors (Lipinski definition) is 3. The number of fused-ring (bicyclic) bond motifs is 1. The van der Waals surface area contributed by atoms with E-state index in [2.05, 4.69) is 6.08 Å². The quantitative estimate of drug-likeness (QED) is 0.738. The van der Waals surface area contributed by atoms with Crippen LogP contribution in [0.3, 0.4) is 0 Å². The monoisotopic (exact) mass is 422 g/mol. The van der Waals surface area contributed by atoms with Crippen molar-refractivity contribution in [3.8, 4) is 0 Å². The highest BCUT2D eigenvalue weighted by Gasteiger charge is 2.38. The fourth-order valence-electron chi connectivity index (χ4n) is 4.79.